The van der Waals surface area contributed by atoms with E-state index in [1.807, 2.05) is 34.9 Å². The molecule has 2 aromatic carbocycles. The van der Waals surface area contributed by atoms with Crippen molar-refractivity contribution in [2.24, 2.45) is 0 Å². The van der Waals surface area contributed by atoms with E-state index in [0.717, 1.165) is 12.1 Å². The molecule has 2 aromatic rings. The maximum Gasteiger partial charge on any atom is 0.257 e. The van der Waals surface area contributed by atoms with E-state index in [0.29, 0.717) is 57.1 Å². The van der Waals surface area contributed by atoms with Gasteiger partial charge in [-0.3, -0.25) is 14.5 Å². The fourth-order valence-corrected chi connectivity index (χ4v) is 4.36. The molecule has 2 aliphatic heterocycles. The molecule has 164 valence electrons. The zero-order valence-electron chi connectivity index (χ0n) is 17.8. The molecule has 2 saturated heterocycles. The van der Waals surface area contributed by atoms with Gasteiger partial charge in [-0.1, -0.05) is 24.3 Å². The third-order valence-electron chi connectivity index (χ3n) is 6.02. The molecule has 0 spiro atoms. The Morgan fingerprint density at radius 3 is 2.55 bits per heavy atom. The summed E-state index contributed by atoms with van der Waals surface area (Å²) in [6.45, 7) is 6.06. The zero-order valence-corrected chi connectivity index (χ0v) is 17.8. The largest absolute Gasteiger partial charge is 0.493 e. The Bertz CT molecular complexity index is 934. The summed E-state index contributed by atoms with van der Waals surface area (Å²) < 4.78 is 18.8. The number of hydrogen-bond donors (Lipinski definition) is 0. The van der Waals surface area contributed by atoms with Crippen LogP contribution < -0.4 is 4.74 Å². The van der Waals surface area contributed by atoms with E-state index in [1.165, 1.54) is 12.1 Å². The van der Waals surface area contributed by atoms with Gasteiger partial charge in [-0.2, -0.15) is 0 Å². The summed E-state index contributed by atoms with van der Waals surface area (Å²) in [7, 11) is 0. The Kier molecular flexibility index (Phi) is 6.51. The molecule has 1 unspecified atom stereocenters. The number of carbonyl (C=O) groups excluding carboxylic acids is 2. The maximum atomic E-state index is 13.2. The van der Waals surface area contributed by atoms with Gasteiger partial charge in [-0.25, -0.2) is 4.39 Å². The second-order valence-electron chi connectivity index (χ2n) is 7.95. The lowest BCUT2D eigenvalue weighted by atomic mass is 10.1. The maximum absolute atomic E-state index is 13.2. The molecule has 1 atom stereocenters. The molecule has 6 nitrogen and oxygen atoms in total. The number of carbonyl (C=O) groups is 2. The van der Waals surface area contributed by atoms with Crippen LogP contribution >= 0.6 is 0 Å². The standard InChI is InChI=1S/C24H28FN3O3/c1-2-31-22-6-4-3-5-20(22)23(29)27-12-11-21-24(30)28(16-14-26(21)13-15-27)17-18-7-9-19(25)10-8-18/h3-10,21H,2,11-17H2,1H3. The number of hydrogen-bond acceptors (Lipinski definition) is 4. The summed E-state index contributed by atoms with van der Waals surface area (Å²) in [5.74, 6) is 0.344. The van der Waals surface area contributed by atoms with Crippen molar-refractivity contribution in [3.05, 3.63) is 65.5 Å². The highest BCUT2D eigenvalue weighted by Gasteiger charge is 2.37. The SMILES string of the molecule is CCOc1ccccc1C(=O)N1CCC2C(=O)N(Cc3ccc(F)cc3)CCN2CC1. The number of para-hydroxylation sites is 1. The van der Waals surface area contributed by atoms with Crippen LogP contribution in [-0.2, 0) is 11.3 Å². The van der Waals surface area contributed by atoms with Crippen LogP contribution in [0.4, 0.5) is 4.39 Å². The fraction of sp³-hybridized carbons (Fsp3) is 0.417. The van der Waals surface area contributed by atoms with Crippen molar-refractivity contribution in [3.8, 4) is 5.75 Å². The summed E-state index contributed by atoms with van der Waals surface area (Å²) in [6.07, 6.45) is 0.599. The van der Waals surface area contributed by atoms with E-state index in [1.54, 1.807) is 18.2 Å². The fourth-order valence-electron chi connectivity index (χ4n) is 4.36. The minimum Gasteiger partial charge on any atom is -0.493 e. The average Bonchev–Trinajstić information content (AvgIpc) is 3.01. The molecule has 2 aliphatic rings. The third kappa shape index (κ3) is 4.71. The molecule has 0 N–H and O–H groups in total. The molecular weight excluding hydrogens is 397 g/mol. The van der Waals surface area contributed by atoms with Crippen LogP contribution in [0.25, 0.3) is 0 Å². The van der Waals surface area contributed by atoms with Gasteiger partial charge < -0.3 is 14.5 Å². The van der Waals surface area contributed by atoms with Gasteiger partial charge in [0.15, 0.2) is 0 Å². The molecule has 2 heterocycles. The predicted octanol–water partition coefficient (Wildman–Crippen LogP) is 2.78. The highest BCUT2D eigenvalue weighted by Crippen LogP contribution is 2.24. The van der Waals surface area contributed by atoms with Gasteiger partial charge >= 0.3 is 0 Å². The Hall–Kier alpha value is -2.93. The lowest BCUT2D eigenvalue weighted by molar-refractivity contribution is -0.142. The first-order chi connectivity index (χ1) is 15.1. The molecule has 31 heavy (non-hydrogen) atoms. The molecule has 2 fully saturated rings. The second kappa shape index (κ2) is 9.47. The average molecular weight is 426 g/mol. The molecule has 2 amide bonds. The second-order valence-corrected chi connectivity index (χ2v) is 7.95. The van der Waals surface area contributed by atoms with Crippen molar-refractivity contribution in [3.63, 3.8) is 0 Å². The summed E-state index contributed by atoms with van der Waals surface area (Å²) in [4.78, 5) is 32.2. The lowest BCUT2D eigenvalue weighted by Gasteiger charge is -2.39. The zero-order chi connectivity index (χ0) is 21.8. The predicted molar refractivity (Wildman–Crippen MR) is 115 cm³/mol. The van der Waals surface area contributed by atoms with Gasteiger partial charge in [-0.05, 0) is 43.2 Å². The quantitative estimate of drug-likeness (QED) is 0.739. The van der Waals surface area contributed by atoms with E-state index in [-0.39, 0.29) is 23.7 Å². The van der Waals surface area contributed by atoms with Crippen LogP contribution in [0, 0.1) is 5.82 Å². The molecule has 0 aliphatic carbocycles. The Morgan fingerprint density at radius 2 is 1.77 bits per heavy atom. The third-order valence-corrected chi connectivity index (χ3v) is 6.02. The topological polar surface area (TPSA) is 53.1 Å². The van der Waals surface area contributed by atoms with Gasteiger partial charge in [0, 0.05) is 39.3 Å². The van der Waals surface area contributed by atoms with Crippen LogP contribution in [0.5, 0.6) is 5.75 Å². The summed E-state index contributed by atoms with van der Waals surface area (Å²) >= 11 is 0. The molecule has 7 heteroatoms. The van der Waals surface area contributed by atoms with Gasteiger partial charge in [0.2, 0.25) is 5.91 Å². The number of halogens is 1. The van der Waals surface area contributed by atoms with Gasteiger partial charge in [0.25, 0.3) is 5.91 Å². The highest BCUT2D eigenvalue weighted by atomic mass is 19.1. The molecule has 0 saturated carbocycles. The molecule has 0 radical (unpaired) electrons. The summed E-state index contributed by atoms with van der Waals surface area (Å²) in [5, 5.41) is 0. The first kappa shape index (κ1) is 21.3. The first-order valence-electron chi connectivity index (χ1n) is 10.8. The van der Waals surface area contributed by atoms with Gasteiger partial charge in [-0.15, -0.1) is 0 Å². The number of rotatable bonds is 5. The van der Waals surface area contributed by atoms with Crippen LogP contribution in [0.3, 0.4) is 0 Å². The summed E-state index contributed by atoms with van der Waals surface area (Å²) in [5.41, 5.74) is 1.48. The summed E-state index contributed by atoms with van der Waals surface area (Å²) in [6, 6.07) is 13.4. The molecule has 0 aromatic heterocycles. The lowest BCUT2D eigenvalue weighted by Crippen LogP contribution is -2.56. The number of amides is 2. The Balaban J connectivity index is 1.43. The smallest absolute Gasteiger partial charge is 0.257 e. The van der Waals surface area contributed by atoms with E-state index in [2.05, 4.69) is 4.90 Å². The normalized spacial score (nSPS) is 19.7. The van der Waals surface area contributed by atoms with Crippen molar-refractivity contribution < 1.29 is 18.7 Å². The van der Waals surface area contributed by atoms with Crippen molar-refractivity contribution in [1.82, 2.24) is 14.7 Å². The van der Waals surface area contributed by atoms with E-state index in [4.69, 9.17) is 4.74 Å². The Labute approximate surface area is 182 Å². The van der Waals surface area contributed by atoms with Gasteiger partial charge in [0.05, 0.1) is 18.2 Å². The van der Waals surface area contributed by atoms with Crippen molar-refractivity contribution in [2.45, 2.75) is 25.9 Å². The van der Waals surface area contributed by atoms with E-state index in [9.17, 15) is 14.0 Å². The van der Waals surface area contributed by atoms with E-state index < -0.39 is 0 Å². The first-order valence-corrected chi connectivity index (χ1v) is 10.8. The number of ether oxygens (including phenoxy) is 1. The monoisotopic (exact) mass is 425 g/mol. The van der Waals surface area contributed by atoms with E-state index >= 15 is 0 Å². The molecular formula is C24H28FN3O3. The minimum absolute atomic E-state index is 0.0560. The Morgan fingerprint density at radius 1 is 1.03 bits per heavy atom. The number of piperazine rings is 1. The number of fused-ring (bicyclic) bond motifs is 1. The van der Waals surface area contributed by atoms with Crippen LogP contribution in [-0.4, -0.2) is 71.9 Å². The van der Waals surface area contributed by atoms with Crippen LogP contribution in [0.15, 0.2) is 48.5 Å². The van der Waals surface area contributed by atoms with Crippen LogP contribution in [0.1, 0.15) is 29.3 Å². The van der Waals surface area contributed by atoms with Crippen molar-refractivity contribution >= 4 is 11.8 Å². The highest BCUT2D eigenvalue weighted by molar-refractivity contribution is 5.97. The van der Waals surface area contributed by atoms with Gasteiger partial charge in [0.1, 0.15) is 11.6 Å². The van der Waals surface area contributed by atoms with Crippen LogP contribution in [0.2, 0.25) is 0 Å². The molecule has 4 rings (SSSR count). The number of nitrogens with zero attached hydrogens (tertiary/aromatic N) is 3. The number of benzene rings is 2. The minimum atomic E-state index is -0.278. The van der Waals surface area contributed by atoms with Crippen molar-refractivity contribution in [1.29, 1.82) is 0 Å². The molecule has 0 bridgehead atoms. The van der Waals surface area contributed by atoms with Crippen molar-refractivity contribution in [2.75, 3.05) is 39.3 Å².